The number of nitrogens with one attached hydrogen (secondary N) is 1. The van der Waals surface area contributed by atoms with Crippen molar-refractivity contribution in [1.82, 2.24) is 5.32 Å². The molecular formula is C28H27NO5. The molecular weight excluding hydrogens is 430 g/mol. The second kappa shape index (κ2) is 8.95. The number of fused-ring (bicyclic) bond motifs is 2. The Morgan fingerprint density at radius 2 is 1.65 bits per heavy atom. The lowest BCUT2D eigenvalue weighted by Gasteiger charge is -2.31. The highest BCUT2D eigenvalue weighted by Crippen LogP contribution is 2.47. The van der Waals surface area contributed by atoms with Crippen LogP contribution in [0.3, 0.4) is 0 Å². The van der Waals surface area contributed by atoms with Crippen LogP contribution < -0.4 is 10.1 Å². The number of carboxylic acid groups (broad SMARTS) is 2. The van der Waals surface area contributed by atoms with E-state index in [1.54, 1.807) is 0 Å². The van der Waals surface area contributed by atoms with Gasteiger partial charge in [-0.25, -0.2) is 0 Å². The maximum Gasteiger partial charge on any atom is 0.320 e. The van der Waals surface area contributed by atoms with E-state index in [9.17, 15) is 19.8 Å². The zero-order chi connectivity index (χ0) is 23.8. The van der Waals surface area contributed by atoms with E-state index in [2.05, 4.69) is 36.5 Å². The van der Waals surface area contributed by atoms with Crippen LogP contribution in [0.1, 0.15) is 53.9 Å². The van der Waals surface area contributed by atoms with Crippen molar-refractivity contribution in [3.05, 3.63) is 95.1 Å². The molecule has 2 aliphatic rings. The van der Waals surface area contributed by atoms with E-state index in [1.165, 1.54) is 5.56 Å². The summed E-state index contributed by atoms with van der Waals surface area (Å²) >= 11 is 0. The van der Waals surface area contributed by atoms with Crippen molar-refractivity contribution in [2.75, 3.05) is 0 Å². The fraction of sp³-hybridized carbons (Fsp3) is 0.286. The van der Waals surface area contributed by atoms with Gasteiger partial charge in [-0.15, -0.1) is 0 Å². The van der Waals surface area contributed by atoms with E-state index in [1.807, 2.05) is 48.5 Å². The third-order valence-corrected chi connectivity index (χ3v) is 7.02. The van der Waals surface area contributed by atoms with E-state index < -0.39 is 23.9 Å². The zero-order valence-electron chi connectivity index (χ0n) is 18.8. The van der Waals surface area contributed by atoms with Crippen molar-refractivity contribution in [2.45, 2.75) is 43.7 Å². The van der Waals surface area contributed by atoms with E-state index >= 15 is 0 Å². The van der Waals surface area contributed by atoms with Gasteiger partial charge in [0, 0.05) is 29.0 Å². The molecule has 5 rings (SSSR count). The van der Waals surface area contributed by atoms with Gasteiger partial charge in [0.2, 0.25) is 0 Å². The summed E-state index contributed by atoms with van der Waals surface area (Å²) in [6.07, 6.45) is 0.764. The van der Waals surface area contributed by atoms with Crippen LogP contribution in [0.5, 0.6) is 11.5 Å². The highest BCUT2D eigenvalue weighted by molar-refractivity contribution is 5.76. The molecule has 3 aromatic rings. The van der Waals surface area contributed by atoms with E-state index in [0.717, 1.165) is 28.2 Å². The second-order valence-electron chi connectivity index (χ2n) is 9.20. The number of hydrogen-bond acceptors (Lipinski definition) is 4. The molecule has 3 aromatic carbocycles. The van der Waals surface area contributed by atoms with Crippen LogP contribution in [0.4, 0.5) is 0 Å². The summed E-state index contributed by atoms with van der Waals surface area (Å²) in [5.41, 5.74) is 4.22. The Labute approximate surface area is 198 Å². The molecule has 1 aliphatic carbocycles. The molecule has 5 atom stereocenters. The maximum absolute atomic E-state index is 12.1. The van der Waals surface area contributed by atoms with Crippen molar-refractivity contribution in [3.63, 3.8) is 0 Å². The van der Waals surface area contributed by atoms with Crippen molar-refractivity contribution >= 4 is 11.9 Å². The fourth-order valence-electron chi connectivity index (χ4n) is 4.92. The maximum atomic E-state index is 12.1. The number of benzene rings is 3. The third kappa shape index (κ3) is 4.29. The van der Waals surface area contributed by atoms with Gasteiger partial charge in [0.15, 0.2) is 0 Å². The summed E-state index contributed by atoms with van der Waals surface area (Å²) in [4.78, 5) is 23.3. The number of aliphatic carboxylic acids is 2. The largest absolute Gasteiger partial charge is 0.481 e. The average Bonchev–Trinajstić information content (AvgIpc) is 3.62. The van der Waals surface area contributed by atoms with Gasteiger partial charge >= 0.3 is 11.9 Å². The monoisotopic (exact) mass is 457 g/mol. The first kappa shape index (κ1) is 22.2. The Morgan fingerprint density at radius 3 is 2.35 bits per heavy atom. The Bertz CT molecular complexity index is 1220. The predicted octanol–water partition coefficient (Wildman–Crippen LogP) is 4.98. The third-order valence-electron chi connectivity index (χ3n) is 7.02. The molecule has 3 N–H and O–H groups in total. The van der Waals surface area contributed by atoms with Crippen LogP contribution in [-0.4, -0.2) is 34.2 Å². The summed E-state index contributed by atoms with van der Waals surface area (Å²) in [5.74, 6) is -0.914. The highest BCUT2D eigenvalue weighted by Gasteiger charge is 2.45. The number of para-hydroxylation sites is 1. The molecule has 1 saturated carbocycles. The van der Waals surface area contributed by atoms with Crippen molar-refractivity contribution < 1.29 is 24.5 Å². The first-order chi connectivity index (χ1) is 16.4. The molecule has 0 aromatic heterocycles. The average molecular weight is 458 g/mol. The first-order valence-electron chi connectivity index (χ1n) is 11.6. The predicted molar refractivity (Wildman–Crippen MR) is 127 cm³/mol. The van der Waals surface area contributed by atoms with Gasteiger partial charge in [-0.1, -0.05) is 67.6 Å². The summed E-state index contributed by atoms with van der Waals surface area (Å²) in [6, 6.07) is 23.0. The molecule has 6 nitrogen and oxygen atoms in total. The zero-order valence-corrected chi connectivity index (χ0v) is 18.8. The van der Waals surface area contributed by atoms with Gasteiger partial charge in [0.25, 0.3) is 0 Å². The minimum atomic E-state index is -0.976. The van der Waals surface area contributed by atoms with Crippen molar-refractivity contribution in [2.24, 2.45) is 5.92 Å². The van der Waals surface area contributed by atoms with Gasteiger partial charge < -0.3 is 20.3 Å². The quantitative estimate of drug-likeness (QED) is 0.441. The smallest absolute Gasteiger partial charge is 0.320 e. The summed E-state index contributed by atoms with van der Waals surface area (Å²) in [6.45, 7) is 2.16. The van der Waals surface area contributed by atoms with E-state index in [0.29, 0.717) is 12.8 Å². The summed E-state index contributed by atoms with van der Waals surface area (Å²) < 4.78 is 6.27. The lowest BCUT2D eigenvalue weighted by atomic mass is 9.82. The topological polar surface area (TPSA) is 95.9 Å². The number of carboxylic acids is 2. The second-order valence-corrected chi connectivity index (χ2v) is 9.20. The van der Waals surface area contributed by atoms with Crippen LogP contribution >= 0.6 is 0 Å². The Balaban J connectivity index is 1.46. The van der Waals surface area contributed by atoms with Crippen LogP contribution in [-0.2, 0) is 9.59 Å². The van der Waals surface area contributed by atoms with Gasteiger partial charge in [-0.05, 0) is 36.1 Å². The molecule has 6 heteroatoms. The van der Waals surface area contributed by atoms with Gasteiger partial charge in [0.05, 0.1) is 5.92 Å². The Kier molecular flexibility index (Phi) is 5.84. The molecule has 1 fully saturated rings. The molecule has 174 valence electrons. The summed E-state index contributed by atoms with van der Waals surface area (Å²) in [7, 11) is 0. The Morgan fingerprint density at radius 1 is 0.941 bits per heavy atom. The van der Waals surface area contributed by atoms with E-state index in [-0.39, 0.29) is 17.9 Å². The minimum Gasteiger partial charge on any atom is -0.481 e. The van der Waals surface area contributed by atoms with Gasteiger partial charge in [-0.3, -0.25) is 9.59 Å². The SMILES string of the molecule is CC(c1ccccc1)c1ccc2c(c1)Oc1ccccc1C2CC(NC1CC1C(=O)O)C(=O)O. The van der Waals surface area contributed by atoms with Gasteiger partial charge in [-0.2, -0.15) is 0 Å². The highest BCUT2D eigenvalue weighted by atomic mass is 16.5. The lowest BCUT2D eigenvalue weighted by Crippen LogP contribution is -2.40. The van der Waals surface area contributed by atoms with Crippen molar-refractivity contribution in [3.8, 4) is 11.5 Å². The van der Waals surface area contributed by atoms with Gasteiger partial charge in [0.1, 0.15) is 17.5 Å². The van der Waals surface area contributed by atoms with Crippen molar-refractivity contribution in [1.29, 1.82) is 0 Å². The minimum absolute atomic E-state index is 0.182. The first-order valence-corrected chi connectivity index (χ1v) is 11.6. The lowest BCUT2D eigenvalue weighted by molar-refractivity contribution is -0.141. The number of hydrogen-bond donors (Lipinski definition) is 3. The normalized spacial score (nSPS) is 22.0. The standard InChI is InChI=1S/C28H27NO5/c1-16(17-7-3-2-4-8-17)18-11-12-20-21(19-9-5-6-10-25(19)34-26(20)13-18)14-24(28(32)33)29-23-15-22(23)27(30)31/h2-13,16,21-24,29H,14-15H2,1H3,(H,30,31)(H,32,33). The molecule has 0 amide bonds. The van der Waals surface area contributed by atoms with Crippen LogP contribution in [0.2, 0.25) is 0 Å². The molecule has 1 heterocycles. The number of ether oxygens (including phenoxy) is 1. The molecule has 0 saturated heterocycles. The number of carbonyl (C=O) groups is 2. The van der Waals surface area contributed by atoms with Crippen LogP contribution in [0.25, 0.3) is 0 Å². The van der Waals surface area contributed by atoms with E-state index in [4.69, 9.17) is 4.74 Å². The Hall–Kier alpha value is -3.64. The number of rotatable bonds is 8. The van der Waals surface area contributed by atoms with Crippen LogP contribution in [0, 0.1) is 5.92 Å². The molecule has 0 spiro atoms. The summed E-state index contributed by atoms with van der Waals surface area (Å²) in [5, 5.41) is 22.2. The molecule has 0 radical (unpaired) electrons. The molecule has 1 aliphatic heterocycles. The molecule has 0 bridgehead atoms. The molecule has 5 unspecified atom stereocenters. The molecule has 34 heavy (non-hydrogen) atoms. The fourth-order valence-corrected chi connectivity index (χ4v) is 4.92. The van der Waals surface area contributed by atoms with Crippen LogP contribution in [0.15, 0.2) is 72.8 Å².